The number of hydrogen-bond acceptors (Lipinski definition) is 6. The van der Waals surface area contributed by atoms with Crippen LogP contribution in [0.2, 0.25) is 0 Å². The van der Waals surface area contributed by atoms with Gasteiger partial charge in [0, 0.05) is 5.69 Å². The third-order valence-corrected chi connectivity index (χ3v) is 3.30. The minimum absolute atomic E-state index is 0.170. The first-order valence-corrected chi connectivity index (χ1v) is 7.47. The molecule has 1 aromatic carbocycles. The molecule has 0 aliphatic heterocycles. The number of benzene rings is 1. The Morgan fingerprint density at radius 2 is 1.81 bits per heavy atom. The maximum absolute atomic E-state index is 11.7. The monoisotopic (exact) mass is 316 g/mol. The molecule has 0 fully saturated rings. The van der Waals surface area contributed by atoms with E-state index in [4.69, 9.17) is 0 Å². The summed E-state index contributed by atoms with van der Waals surface area (Å²) >= 11 is 0. The highest BCUT2D eigenvalue weighted by Gasteiger charge is 2.13. The van der Waals surface area contributed by atoms with Gasteiger partial charge in [-0.1, -0.05) is 0 Å². The second kappa shape index (κ2) is 7.60. The number of anilines is 1. The molecule has 8 nitrogen and oxygen atoms in total. The first-order valence-electron chi connectivity index (χ1n) is 5.99. The van der Waals surface area contributed by atoms with E-state index in [1.54, 1.807) is 6.92 Å². The van der Waals surface area contributed by atoms with Gasteiger partial charge in [-0.3, -0.25) is 9.52 Å². The van der Waals surface area contributed by atoms with Gasteiger partial charge in [-0.15, -0.1) is 0 Å². The van der Waals surface area contributed by atoms with Crippen molar-refractivity contribution in [3.05, 3.63) is 29.8 Å². The lowest BCUT2D eigenvalue weighted by Gasteiger charge is -2.09. The lowest BCUT2D eigenvalue weighted by molar-refractivity contribution is -0.141. The molecular weight excluding hydrogens is 300 g/mol. The van der Waals surface area contributed by atoms with Crippen molar-refractivity contribution < 1.29 is 27.5 Å². The Morgan fingerprint density at radius 1 is 1.19 bits per heavy atom. The van der Waals surface area contributed by atoms with Crippen molar-refractivity contribution in [3.8, 4) is 0 Å². The summed E-state index contributed by atoms with van der Waals surface area (Å²) in [5.41, 5.74) is 0.527. The normalized spacial score (nSPS) is 10.8. The van der Waals surface area contributed by atoms with E-state index in [-0.39, 0.29) is 12.3 Å². The first-order chi connectivity index (χ1) is 9.88. The van der Waals surface area contributed by atoms with Crippen LogP contribution in [0, 0.1) is 0 Å². The van der Waals surface area contributed by atoms with E-state index in [0.717, 1.165) is 0 Å². The molecule has 0 saturated carbocycles. The molecular formula is C12H16N2O6S. The van der Waals surface area contributed by atoms with Gasteiger partial charge in [0.15, 0.2) is 0 Å². The Morgan fingerprint density at radius 3 is 2.33 bits per heavy atom. The van der Waals surface area contributed by atoms with Gasteiger partial charge in [-0.25, -0.2) is 4.79 Å². The minimum Gasteiger partial charge on any atom is -0.465 e. The van der Waals surface area contributed by atoms with Crippen molar-refractivity contribution in [2.45, 2.75) is 6.92 Å². The number of ether oxygens (including phenoxy) is 2. The van der Waals surface area contributed by atoms with Crippen LogP contribution in [0.15, 0.2) is 24.3 Å². The van der Waals surface area contributed by atoms with Gasteiger partial charge in [-0.2, -0.15) is 13.1 Å². The average Bonchev–Trinajstić information content (AvgIpc) is 2.45. The van der Waals surface area contributed by atoms with E-state index in [1.807, 2.05) is 4.72 Å². The quantitative estimate of drug-likeness (QED) is 0.699. The first kappa shape index (κ1) is 16.9. The summed E-state index contributed by atoms with van der Waals surface area (Å²) in [6.45, 7) is 1.32. The molecule has 116 valence electrons. The summed E-state index contributed by atoms with van der Waals surface area (Å²) < 4.78 is 36.7. The van der Waals surface area contributed by atoms with Crippen LogP contribution in [0.3, 0.4) is 0 Å². The summed E-state index contributed by atoms with van der Waals surface area (Å²) in [5.74, 6) is -1.20. The molecule has 0 spiro atoms. The topological polar surface area (TPSA) is 111 Å². The molecule has 0 atom stereocenters. The van der Waals surface area contributed by atoms with Gasteiger partial charge >= 0.3 is 11.9 Å². The number of hydrogen-bond donors (Lipinski definition) is 2. The smallest absolute Gasteiger partial charge is 0.337 e. The van der Waals surface area contributed by atoms with Crippen LogP contribution in [0.5, 0.6) is 0 Å². The fraction of sp³-hybridized carbons (Fsp3) is 0.333. The van der Waals surface area contributed by atoms with Gasteiger partial charge in [0.1, 0.15) is 6.54 Å². The highest BCUT2D eigenvalue weighted by molar-refractivity contribution is 7.90. The van der Waals surface area contributed by atoms with Crippen molar-refractivity contribution >= 4 is 27.8 Å². The molecule has 0 amide bonds. The average molecular weight is 316 g/mol. The van der Waals surface area contributed by atoms with E-state index in [2.05, 4.69) is 14.2 Å². The van der Waals surface area contributed by atoms with Gasteiger partial charge in [0.2, 0.25) is 0 Å². The fourth-order valence-electron chi connectivity index (χ4n) is 1.35. The minimum atomic E-state index is -3.90. The van der Waals surface area contributed by atoms with Crippen LogP contribution < -0.4 is 9.44 Å². The molecule has 0 aromatic heterocycles. The third kappa shape index (κ3) is 5.79. The second-order valence-corrected chi connectivity index (χ2v) is 5.30. The van der Waals surface area contributed by atoms with E-state index in [1.165, 1.54) is 31.4 Å². The Labute approximate surface area is 122 Å². The third-order valence-electron chi connectivity index (χ3n) is 2.27. The van der Waals surface area contributed by atoms with E-state index in [9.17, 15) is 18.0 Å². The standard InChI is InChI=1S/C12H16N2O6S/c1-3-20-11(15)8-13-21(17,18)14-10-6-4-9(5-7-10)12(16)19-2/h4-7,13-14H,3,8H2,1-2H3. The molecule has 0 bridgehead atoms. The van der Waals surface area contributed by atoms with E-state index in [0.29, 0.717) is 5.56 Å². The highest BCUT2D eigenvalue weighted by Crippen LogP contribution is 2.11. The molecule has 1 rings (SSSR count). The number of carbonyl (C=O) groups is 2. The summed E-state index contributed by atoms with van der Waals surface area (Å²) in [4.78, 5) is 22.3. The molecule has 0 aliphatic rings. The molecule has 0 saturated heterocycles. The number of methoxy groups -OCH3 is 1. The zero-order valence-corrected chi connectivity index (χ0v) is 12.4. The van der Waals surface area contributed by atoms with E-state index >= 15 is 0 Å². The number of rotatable bonds is 7. The SMILES string of the molecule is CCOC(=O)CNS(=O)(=O)Nc1ccc(C(=O)OC)cc1. The summed E-state index contributed by atoms with van der Waals surface area (Å²) in [5, 5.41) is 0. The maximum atomic E-state index is 11.7. The van der Waals surface area contributed by atoms with Crippen LogP contribution in [-0.2, 0) is 24.5 Å². The van der Waals surface area contributed by atoms with Crippen molar-refractivity contribution in [1.82, 2.24) is 4.72 Å². The zero-order valence-electron chi connectivity index (χ0n) is 11.6. The molecule has 0 unspecified atom stereocenters. The summed E-state index contributed by atoms with van der Waals surface area (Å²) in [6, 6.07) is 5.62. The molecule has 0 aliphatic carbocycles. The summed E-state index contributed by atoms with van der Waals surface area (Å²) in [6.07, 6.45) is 0. The van der Waals surface area contributed by atoms with E-state index < -0.39 is 28.7 Å². The Balaban J connectivity index is 2.63. The van der Waals surface area contributed by atoms with Crippen LogP contribution in [0.25, 0.3) is 0 Å². The zero-order chi connectivity index (χ0) is 15.9. The Bertz CT molecular complexity index is 597. The molecule has 0 heterocycles. The van der Waals surface area contributed by atoms with Crippen LogP contribution in [0.1, 0.15) is 17.3 Å². The number of nitrogens with one attached hydrogen (secondary N) is 2. The van der Waals surface area contributed by atoms with Crippen LogP contribution in [0.4, 0.5) is 5.69 Å². The number of esters is 2. The molecule has 9 heteroatoms. The van der Waals surface area contributed by atoms with Gasteiger partial charge in [-0.05, 0) is 31.2 Å². The second-order valence-electron chi connectivity index (χ2n) is 3.80. The number of carbonyl (C=O) groups excluding carboxylic acids is 2. The van der Waals surface area contributed by atoms with Crippen LogP contribution in [-0.4, -0.2) is 40.6 Å². The van der Waals surface area contributed by atoms with Crippen molar-refractivity contribution in [2.24, 2.45) is 0 Å². The highest BCUT2D eigenvalue weighted by atomic mass is 32.2. The Kier molecular flexibility index (Phi) is 6.12. The van der Waals surface area contributed by atoms with Crippen LogP contribution >= 0.6 is 0 Å². The molecule has 21 heavy (non-hydrogen) atoms. The van der Waals surface area contributed by atoms with Gasteiger partial charge < -0.3 is 9.47 Å². The van der Waals surface area contributed by atoms with Crippen molar-refractivity contribution in [2.75, 3.05) is 25.0 Å². The van der Waals surface area contributed by atoms with Gasteiger partial charge in [0.25, 0.3) is 10.2 Å². The molecule has 2 N–H and O–H groups in total. The van der Waals surface area contributed by atoms with Crippen molar-refractivity contribution in [1.29, 1.82) is 0 Å². The fourth-order valence-corrected chi connectivity index (χ4v) is 2.18. The Hall–Kier alpha value is -2.13. The maximum Gasteiger partial charge on any atom is 0.337 e. The van der Waals surface area contributed by atoms with Crippen molar-refractivity contribution in [3.63, 3.8) is 0 Å². The predicted molar refractivity (Wildman–Crippen MR) is 75.0 cm³/mol. The molecule has 1 aromatic rings. The lowest BCUT2D eigenvalue weighted by atomic mass is 10.2. The van der Waals surface area contributed by atoms with Gasteiger partial charge in [0.05, 0.1) is 19.3 Å². The lowest BCUT2D eigenvalue weighted by Crippen LogP contribution is -2.35. The molecule has 0 radical (unpaired) electrons. The summed E-state index contributed by atoms with van der Waals surface area (Å²) in [7, 11) is -2.66. The predicted octanol–water partition coefficient (Wildman–Crippen LogP) is 0.283. The largest absolute Gasteiger partial charge is 0.465 e.